The highest BCUT2D eigenvalue weighted by Crippen LogP contribution is 2.29. The number of primary amides is 1. The maximum atomic E-state index is 11.9. The molecule has 0 saturated heterocycles. The Hall–Kier alpha value is -2.75. The second-order valence-electron chi connectivity index (χ2n) is 4.61. The minimum atomic E-state index is -0.943. The summed E-state index contributed by atoms with van der Waals surface area (Å²) in [5.41, 5.74) is 5.34. The van der Waals surface area contributed by atoms with Crippen molar-refractivity contribution in [2.45, 2.75) is 20.0 Å². The summed E-state index contributed by atoms with van der Waals surface area (Å²) in [6.45, 7) is 3.53. The van der Waals surface area contributed by atoms with Gasteiger partial charge in [0.15, 0.2) is 17.6 Å². The third-order valence-corrected chi connectivity index (χ3v) is 2.66. The number of ether oxygens (including phenoxy) is 2. The molecule has 0 aliphatic carbocycles. The lowest BCUT2D eigenvalue weighted by Crippen LogP contribution is -2.46. The molecule has 7 nitrogen and oxygen atoms in total. The lowest BCUT2D eigenvalue weighted by molar-refractivity contribution is -0.128. The van der Waals surface area contributed by atoms with Crippen molar-refractivity contribution in [3.63, 3.8) is 0 Å². The Labute approximate surface area is 122 Å². The molecule has 3 amide bonds. The molecular weight excluding hydrogens is 274 g/mol. The highest BCUT2D eigenvalue weighted by Gasteiger charge is 2.26. The molecule has 1 rings (SSSR count). The Balaban J connectivity index is 3.02. The van der Waals surface area contributed by atoms with E-state index < -0.39 is 18.0 Å². The zero-order valence-corrected chi connectivity index (χ0v) is 12.0. The summed E-state index contributed by atoms with van der Waals surface area (Å²) in [5, 5.41) is 10.8. The van der Waals surface area contributed by atoms with E-state index >= 15 is 0 Å². The lowest BCUT2D eigenvalue weighted by Gasteiger charge is -2.22. The van der Waals surface area contributed by atoms with E-state index in [1.54, 1.807) is 19.9 Å². The van der Waals surface area contributed by atoms with Crippen molar-refractivity contribution in [3.8, 4) is 17.6 Å². The van der Waals surface area contributed by atoms with Crippen LogP contribution in [0.15, 0.2) is 18.2 Å². The van der Waals surface area contributed by atoms with Crippen molar-refractivity contribution < 1.29 is 19.1 Å². The standard InChI is InChI=1S/C14H17N3O4/c1-8(2)12(13(18)17-14(16)19)21-10-5-4-9(7-15)6-11(10)20-3/h4-6,8,12H,1-3H3,(H3,16,17,18,19). The van der Waals surface area contributed by atoms with E-state index in [-0.39, 0.29) is 5.92 Å². The number of nitrogens with zero attached hydrogens (tertiary/aromatic N) is 1. The van der Waals surface area contributed by atoms with Gasteiger partial charge in [-0.25, -0.2) is 4.79 Å². The third-order valence-electron chi connectivity index (χ3n) is 2.66. The zero-order valence-electron chi connectivity index (χ0n) is 12.0. The first-order valence-corrected chi connectivity index (χ1v) is 6.24. The normalized spacial score (nSPS) is 11.4. The summed E-state index contributed by atoms with van der Waals surface area (Å²) in [6, 6.07) is 5.61. The van der Waals surface area contributed by atoms with Gasteiger partial charge in [-0.3, -0.25) is 10.1 Å². The number of rotatable bonds is 5. The molecular formula is C14H17N3O4. The molecule has 3 N–H and O–H groups in total. The fourth-order valence-corrected chi connectivity index (χ4v) is 1.66. The minimum Gasteiger partial charge on any atom is -0.493 e. The Morgan fingerprint density at radius 3 is 2.48 bits per heavy atom. The monoisotopic (exact) mass is 291 g/mol. The molecule has 0 radical (unpaired) electrons. The van der Waals surface area contributed by atoms with Gasteiger partial charge in [0.25, 0.3) is 5.91 Å². The van der Waals surface area contributed by atoms with Crippen molar-refractivity contribution >= 4 is 11.9 Å². The van der Waals surface area contributed by atoms with Crippen LogP contribution in [-0.2, 0) is 4.79 Å². The Morgan fingerprint density at radius 2 is 2.00 bits per heavy atom. The Bertz CT molecular complexity index is 578. The van der Waals surface area contributed by atoms with Crippen LogP contribution in [0.5, 0.6) is 11.5 Å². The fourth-order valence-electron chi connectivity index (χ4n) is 1.66. The van der Waals surface area contributed by atoms with Crippen LogP contribution < -0.4 is 20.5 Å². The van der Waals surface area contributed by atoms with Gasteiger partial charge in [0, 0.05) is 6.07 Å². The Morgan fingerprint density at radius 1 is 1.33 bits per heavy atom. The number of carbonyl (C=O) groups is 2. The molecule has 0 aliphatic rings. The van der Waals surface area contributed by atoms with Gasteiger partial charge in [-0.2, -0.15) is 5.26 Å². The van der Waals surface area contributed by atoms with E-state index in [2.05, 4.69) is 0 Å². The van der Waals surface area contributed by atoms with Gasteiger partial charge in [0.05, 0.1) is 18.7 Å². The van der Waals surface area contributed by atoms with E-state index in [4.69, 9.17) is 20.5 Å². The number of imide groups is 1. The maximum absolute atomic E-state index is 11.9. The van der Waals surface area contributed by atoms with Crippen LogP contribution in [0, 0.1) is 17.2 Å². The van der Waals surface area contributed by atoms with E-state index in [0.717, 1.165) is 0 Å². The minimum absolute atomic E-state index is 0.204. The highest BCUT2D eigenvalue weighted by atomic mass is 16.5. The first-order valence-electron chi connectivity index (χ1n) is 6.24. The predicted octanol–water partition coefficient (Wildman–Crippen LogP) is 1.17. The molecule has 0 aromatic heterocycles. The van der Waals surface area contributed by atoms with Crippen LogP contribution in [0.25, 0.3) is 0 Å². The van der Waals surface area contributed by atoms with Crippen LogP contribution >= 0.6 is 0 Å². The number of nitriles is 1. The molecule has 112 valence electrons. The van der Waals surface area contributed by atoms with Crippen LogP contribution in [0.3, 0.4) is 0 Å². The largest absolute Gasteiger partial charge is 0.493 e. The zero-order chi connectivity index (χ0) is 16.0. The van der Waals surface area contributed by atoms with Gasteiger partial charge in [-0.1, -0.05) is 13.8 Å². The van der Waals surface area contributed by atoms with Gasteiger partial charge in [-0.05, 0) is 18.1 Å². The van der Waals surface area contributed by atoms with Crippen LogP contribution in [0.2, 0.25) is 0 Å². The quantitative estimate of drug-likeness (QED) is 0.845. The van der Waals surface area contributed by atoms with E-state index in [0.29, 0.717) is 17.1 Å². The number of carbonyl (C=O) groups excluding carboxylic acids is 2. The van der Waals surface area contributed by atoms with Crippen molar-refractivity contribution in [1.29, 1.82) is 5.26 Å². The summed E-state index contributed by atoms with van der Waals surface area (Å²) in [6.07, 6.45) is -0.917. The van der Waals surface area contributed by atoms with Gasteiger partial charge >= 0.3 is 6.03 Å². The third kappa shape index (κ3) is 4.38. The molecule has 0 spiro atoms. The number of nitrogens with one attached hydrogen (secondary N) is 1. The average Bonchev–Trinajstić information content (AvgIpc) is 2.43. The number of benzene rings is 1. The Kier molecular flexibility index (Phi) is 5.55. The molecule has 0 bridgehead atoms. The molecule has 7 heteroatoms. The van der Waals surface area contributed by atoms with Crippen LogP contribution in [-0.4, -0.2) is 25.2 Å². The van der Waals surface area contributed by atoms with Gasteiger partial charge in [0.2, 0.25) is 0 Å². The number of hydrogen-bond acceptors (Lipinski definition) is 5. The second kappa shape index (κ2) is 7.14. The van der Waals surface area contributed by atoms with Crippen LogP contribution in [0.1, 0.15) is 19.4 Å². The predicted molar refractivity (Wildman–Crippen MR) is 74.7 cm³/mol. The first kappa shape index (κ1) is 16.3. The summed E-state index contributed by atoms with van der Waals surface area (Å²) < 4.78 is 10.7. The van der Waals surface area contributed by atoms with Gasteiger partial charge < -0.3 is 15.2 Å². The van der Waals surface area contributed by atoms with E-state index in [1.165, 1.54) is 19.2 Å². The van der Waals surface area contributed by atoms with Crippen LogP contribution in [0.4, 0.5) is 4.79 Å². The topological polar surface area (TPSA) is 114 Å². The summed E-state index contributed by atoms with van der Waals surface area (Å²) in [5.74, 6) is -0.213. The average molecular weight is 291 g/mol. The number of hydrogen-bond donors (Lipinski definition) is 2. The molecule has 1 aromatic carbocycles. The molecule has 0 heterocycles. The van der Waals surface area contributed by atoms with Crippen molar-refractivity contribution in [2.24, 2.45) is 11.7 Å². The van der Waals surface area contributed by atoms with Gasteiger partial charge in [0.1, 0.15) is 0 Å². The molecule has 0 saturated carbocycles. The van der Waals surface area contributed by atoms with E-state index in [1.807, 2.05) is 11.4 Å². The molecule has 0 aliphatic heterocycles. The maximum Gasteiger partial charge on any atom is 0.318 e. The fraction of sp³-hybridized carbons (Fsp3) is 0.357. The number of urea groups is 1. The second-order valence-corrected chi connectivity index (χ2v) is 4.61. The number of amides is 3. The van der Waals surface area contributed by atoms with Crippen molar-refractivity contribution in [3.05, 3.63) is 23.8 Å². The lowest BCUT2D eigenvalue weighted by atomic mass is 10.1. The van der Waals surface area contributed by atoms with E-state index in [9.17, 15) is 9.59 Å². The molecule has 0 fully saturated rings. The summed E-state index contributed by atoms with van der Waals surface area (Å²) >= 11 is 0. The van der Waals surface area contributed by atoms with Crippen molar-refractivity contribution in [2.75, 3.05) is 7.11 Å². The van der Waals surface area contributed by atoms with Crippen molar-refractivity contribution in [1.82, 2.24) is 5.32 Å². The highest BCUT2D eigenvalue weighted by molar-refractivity contribution is 5.96. The number of nitrogens with two attached hydrogens (primary N) is 1. The van der Waals surface area contributed by atoms with Gasteiger partial charge in [-0.15, -0.1) is 0 Å². The number of methoxy groups -OCH3 is 1. The SMILES string of the molecule is COc1cc(C#N)ccc1OC(C(=O)NC(N)=O)C(C)C. The molecule has 1 atom stereocenters. The molecule has 1 aromatic rings. The smallest absolute Gasteiger partial charge is 0.318 e. The first-order chi connectivity index (χ1) is 9.88. The summed E-state index contributed by atoms with van der Waals surface area (Å²) in [4.78, 5) is 22.7. The molecule has 21 heavy (non-hydrogen) atoms. The summed E-state index contributed by atoms with van der Waals surface area (Å²) in [7, 11) is 1.43. The molecule has 1 unspecified atom stereocenters.